The third-order valence-electron chi connectivity index (χ3n) is 11.1. The van der Waals surface area contributed by atoms with Gasteiger partial charge in [-0.2, -0.15) is 0 Å². The number of carbonyl (C=O) groups is 2. The monoisotopic (exact) mass is 1080 g/mol. The summed E-state index contributed by atoms with van der Waals surface area (Å²) in [6, 6.07) is 32.5. The van der Waals surface area contributed by atoms with Gasteiger partial charge >= 0.3 is 6.09 Å². The molecule has 0 aliphatic carbocycles. The number of nitrogens with zero attached hydrogens (tertiary/aromatic N) is 6. The third-order valence-corrected chi connectivity index (χ3v) is 11.1. The highest BCUT2D eigenvalue weighted by atomic mass is 19.1. The van der Waals surface area contributed by atoms with Crippen molar-refractivity contribution in [3.63, 3.8) is 0 Å². The number of hydrogen-bond donors (Lipinski definition) is 2. The van der Waals surface area contributed by atoms with Crippen LogP contribution in [-0.4, -0.2) is 69.8 Å². The summed E-state index contributed by atoms with van der Waals surface area (Å²) in [4.78, 5) is 47.5. The van der Waals surface area contributed by atoms with E-state index in [9.17, 15) is 14.0 Å². The number of primary amides is 1. The minimum absolute atomic E-state index is 0.107. The molecule has 14 heteroatoms. The number of amides is 2. The Labute approximate surface area is 473 Å². The lowest BCUT2D eigenvalue weighted by Gasteiger charge is -2.14. The van der Waals surface area contributed by atoms with Crippen LogP contribution in [0.1, 0.15) is 165 Å². The number of benzene rings is 3. The SMILES string of the molecule is CC.CC.CC.CC.CCC.CCC.CC[C@H]1CC(c2ccc(-c3cccnc3)cc2)=NO1.CC[C@H]1CC(c2ccc(-c3cccnc3)nc2)=NO1.CC[C@H]1CN(c2ccc(-c3ccc(CNCC(N)=O)cc3)c(F)c2)C(=O)O1. The van der Waals surface area contributed by atoms with Gasteiger partial charge in [-0.1, -0.05) is 182 Å². The molecule has 0 unspecified atom stereocenters. The van der Waals surface area contributed by atoms with E-state index in [0.29, 0.717) is 24.3 Å². The number of hydrogen-bond acceptors (Lipinski definition) is 11. The topological polar surface area (TPSA) is 167 Å². The fourth-order valence-corrected chi connectivity index (χ4v) is 7.26. The molecule has 0 radical (unpaired) electrons. The number of ether oxygens (including phenoxy) is 1. The number of rotatable bonds is 13. The van der Waals surface area contributed by atoms with Crippen LogP contribution in [0.5, 0.6) is 0 Å². The Balaban J connectivity index is 0.000000538. The van der Waals surface area contributed by atoms with E-state index in [4.69, 9.17) is 20.1 Å². The molecule has 0 bridgehead atoms. The van der Waals surface area contributed by atoms with Crippen molar-refractivity contribution < 1.29 is 28.4 Å². The second kappa shape index (κ2) is 41.7. The van der Waals surface area contributed by atoms with Crippen molar-refractivity contribution in [2.75, 3.05) is 18.0 Å². The maximum absolute atomic E-state index is 14.6. The van der Waals surface area contributed by atoms with Crippen LogP contribution in [0.25, 0.3) is 33.5 Å². The highest BCUT2D eigenvalue weighted by Crippen LogP contribution is 2.30. The Hall–Kier alpha value is -7.32. The van der Waals surface area contributed by atoms with Gasteiger partial charge in [0.2, 0.25) is 5.91 Å². The number of nitrogens with two attached hydrogens (primary N) is 1. The molecule has 3 atom stereocenters. The van der Waals surface area contributed by atoms with Crippen molar-refractivity contribution in [3.05, 3.63) is 157 Å². The molecule has 1 saturated heterocycles. The van der Waals surface area contributed by atoms with Crippen molar-refractivity contribution in [2.24, 2.45) is 16.0 Å². The number of halogens is 1. The molecule has 0 spiro atoms. The maximum Gasteiger partial charge on any atom is 0.414 e. The summed E-state index contributed by atoms with van der Waals surface area (Å²) >= 11 is 0. The van der Waals surface area contributed by atoms with E-state index in [1.807, 2.05) is 136 Å². The van der Waals surface area contributed by atoms with Gasteiger partial charge in [-0.05, 0) is 95.6 Å². The van der Waals surface area contributed by atoms with Crippen molar-refractivity contribution >= 4 is 29.1 Å². The lowest BCUT2D eigenvalue weighted by atomic mass is 10.0. The molecular weight excluding hydrogens is 992 g/mol. The number of cyclic esters (lactones) is 1. The highest BCUT2D eigenvalue weighted by Gasteiger charge is 2.31. The van der Waals surface area contributed by atoms with E-state index in [1.54, 1.807) is 24.5 Å². The fraction of sp³-hybridized carbons (Fsp3) is 0.431. The molecule has 13 nitrogen and oxygen atoms in total. The summed E-state index contributed by atoms with van der Waals surface area (Å²) in [6.07, 6.45) is 15.9. The van der Waals surface area contributed by atoms with Gasteiger partial charge in [0.25, 0.3) is 0 Å². The van der Waals surface area contributed by atoms with Gasteiger partial charge in [-0.25, -0.2) is 9.18 Å². The molecule has 2 amide bonds. The number of pyridine rings is 3. The summed E-state index contributed by atoms with van der Waals surface area (Å²) in [5.74, 6) is -0.819. The third kappa shape index (κ3) is 24.1. The molecule has 9 rings (SSSR count). The predicted molar refractivity (Wildman–Crippen MR) is 328 cm³/mol. The second-order valence-electron chi connectivity index (χ2n) is 17.1. The smallest absolute Gasteiger partial charge is 0.414 e. The molecule has 3 N–H and O–H groups in total. The van der Waals surface area contributed by atoms with Crippen molar-refractivity contribution in [1.82, 2.24) is 20.3 Å². The standard InChI is InChI=1S/C20H22FN3O3.C16H16N2O.C15H15N3O.2C3H8.4C2H6/c1-2-16-12-24(20(26)27-16)15-7-8-17(18(21)9-15)14-5-3-13(4-6-14)10-23-11-19(22)25;1-2-15-10-16(18-19-15)13-7-5-12(6-8-13)14-4-3-9-17-11-14;1-2-13-8-15(18-19-13)12-5-6-14(17-10-12)11-4-3-7-16-9-11;2*1-3-2;4*1-2/h3-9,16,23H,2,10-12H2,1H3,(H2,22,25);3-9,11,15H,2,10H2,1H3;3-7,9-10,13H,2,8H2,1H3;2*3H2,1-2H3;4*1-2H3/t16-;15-;13-;;;;;;/m000....../s1. The largest absolute Gasteiger partial charge is 0.444 e. The lowest BCUT2D eigenvalue weighted by molar-refractivity contribution is -0.117. The zero-order chi connectivity index (χ0) is 59.0. The van der Waals surface area contributed by atoms with Gasteiger partial charge in [0.1, 0.15) is 24.1 Å². The summed E-state index contributed by atoms with van der Waals surface area (Å²) in [7, 11) is 0. The summed E-state index contributed by atoms with van der Waals surface area (Å²) < 4.78 is 19.9. The van der Waals surface area contributed by atoms with Gasteiger partial charge in [0.15, 0.2) is 0 Å². The quantitative estimate of drug-likeness (QED) is 0.114. The van der Waals surface area contributed by atoms with Crippen molar-refractivity contribution in [2.45, 2.75) is 174 Å². The van der Waals surface area contributed by atoms with Gasteiger partial charge in [0, 0.05) is 67.1 Å². The predicted octanol–water partition coefficient (Wildman–Crippen LogP) is 16.4. The molecule has 79 heavy (non-hydrogen) atoms. The molecule has 430 valence electrons. The van der Waals surface area contributed by atoms with E-state index < -0.39 is 17.8 Å². The van der Waals surface area contributed by atoms with Crippen molar-refractivity contribution in [1.29, 1.82) is 0 Å². The summed E-state index contributed by atoms with van der Waals surface area (Å²) in [5.41, 5.74) is 16.2. The maximum atomic E-state index is 14.6. The number of anilines is 1. The van der Waals surface area contributed by atoms with Crippen LogP contribution in [0, 0.1) is 5.82 Å². The molecule has 6 heterocycles. The number of oxime groups is 2. The molecule has 6 aromatic rings. The van der Waals surface area contributed by atoms with E-state index in [-0.39, 0.29) is 24.9 Å². The van der Waals surface area contributed by atoms with Crippen LogP contribution in [-0.2, 0) is 25.8 Å². The van der Waals surface area contributed by atoms with Crippen molar-refractivity contribution in [3.8, 4) is 33.5 Å². The zero-order valence-corrected chi connectivity index (χ0v) is 50.2. The first-order valence-corrected chi connectivity index (χ1v) is 28.7. The van der Waals surface area contributed by atoms with Gasteiger partial charge in [-0.3, -0.25) is 24.6 Å². The van der Waals surface area contributed by atoms with Crippen LogP contribution in [0.3, 0.4) is 0 Å². The summed E-state index contributed by atoms with van der Waals surface area (Å²) in [6.45, 7) is 31.7. The molecular formula is C65H93FN8O5. The first-order valence-electron chi connectivity index (χ1n) is 28.7. The van der Waals surface area contributed by atoms with Crippen LogP contribution in [0.2, 0.25) is 0 Å². The van der Waals surface area contributed by atoms with Crippen LogP contribution in [0.4, 0.5) is 14.9 Å². The molecule has 3 aromatic heterocycles. The second-order valence-corrected chi connectivity index (χ2v) is 17.1. The Morgan fingerprint density at radius 1 is 0.608 bits per heavy atom. The molecule has 1 fully saturated rings. The fourth-order valence-electron chi connectivity index (χ4n) is 7.26. The van der Waals surface area contributed by atoms with Crippen LogP contribution in [0.15, 0.2) is 144 Å². The summed E-state index contributed by atoms with van der Waals surface area (Å²) in [5, 5.41) is 11.2. The van der Waals surface area contributed by atoms with Gasteiger partial charge < -0.3 is 25.5 Å². The van der Waals surface area contributed by atoms with Crippen LogP contribution >= 0.6 is 0 Å². The molecule has 0 saturated carbocycles. The Kier molecular flexibility index (Phi) is 36.8. The number of nitrogens with one attached hydrogen (secondary N) is 1. The first kappa shape index (κ1) is 69.7. The number of aromatic nitrogens is 3. The highest BCUT2D eigenvalue weighted by molar-refractivity contribution is 6.02. The molecule has 3 aliphatic rings. The van der Waals surface area contributed by atoms with E-state index in [0.717, 1.165) is 82.6 Å². The van der Waals surface area contributed by atoms with Gasteiger partial charge in [0.05, 0.1) is 35.9 Å². The zero-order valence-electron chi connectivity index (χ0n) is 50.2. The Morgan fingerprint density at radius 2 is 1.10 bits per heavy atom. The first-order chi connectivity index (χ1) is 38.5. The average Bonchev–Trinajstić information content (AvgIpc) is 4.30. The molecule has 3 aliphatic heterocycles. The van der Waals surface area contributed by atoms with E-state index in [1.165, 1.54) is 29.4 Å². The Morgan fingerprint density at radius 3 is 1.54 bits per heavy atom. The minimum atomic E-state index is -0.443. The van der Waals surface area contributed by atoms with Gasteiger partial charge in [-0.15, -0.1) is 0 Å². The van der Waals surface area contributed by atoms with E-state index >= 15 is 0 Å². The average molecular weight is 1090 g/mol. The molecule has 3 aromatic carbocycles. The van der Waals surface area contributed by atoms with E-state index in [2.05, 4.69) is 102 Å². The Bertz CT molecular complexity index is 2490. The lowest BCUT2D eigenvalue weighted by Crippen LogP contribution is -2.28. The number of carbonyl (C=O) groups excluding carboxylic acids is 2. The minimum Gasteiger partial charge on any atom is -0.444 e. The van der Waals surface area contributed by atoms with Crippen LogP contribution < -0.4 is 16.0 Å². The normalized spacial score (nSPS) is 15.0.